The molecule has 114 valence electrons. The number of amides is 1. The lowest BCUT2D eigenvalue weighted by molar-refractivity contribution is -0.384. The van der Waals surface area contributed by atoms with E-state index in [0.717, 1.165) is 4.90 Å². The van der Waals surface area contributed by atoms with Gasteiger partial charge in [-0.2, -0.15) is 0 Å². The highest BCUT2D eigenvalue weighted by molar-refractivity contribution is 8.00. The van der Waals surface area contributed by atoms with Crippen LogP contribution in [0.15, 0.2) is 53.4 Å². The second-order valence-corrected chi connectivity index (χ2v) is 5.85. The summed E-state index contributed by atoms with van der Waals surface area (Å²) in [4.78, 5) is 23.1. The minimum absolute atomic E-state index is 0.0285. The fraction of sp³-hybridized carbons (Fsp3) is 0.188. The molecule has 6 heteroatoms. The summed E-state index contributed by atoms with van der Waals surface area (Å²) < 4.78 is 0. The predicted molar refractivity (Wildman–Crippen MR) is 86.8 cm³/mol. The molecule has 0 saturated carbocycles. The van der Waals surface area contributed by atoms with Crippen LogP contribution >= 0.6 is 11.8 Å². The monoisotopic (exact) mass is 316 g/mol. The van der Waals surface area contributed by atoms with E-state index in [-0.39, 0.29) is 18.1 Å². The van der Waals surface area contributed by atoms with Gasteiger partial charge in [-0.3, -0.25) is 14.9 Å². The van der Waals surface area contributed by atoms with Gasteiger partial charge in [0.2, 0.25) is 5.91 Å². The van der Waals surface area contributed by atoms with Gasteiger partial charge in [-0.05, 0) is 24.6 Å². The van der Waals surface area contributed by atoms with Crippen molar-refractivity contribution in [3.63, 3.8) is 0 Å². The van der Waals surface area contributed by atoms with E-state index in [1.165, 1.54) is 29.5 Å². The van der Waals surface area contributed by atoms with Gasteiger partial charge < -0.3 is 5.32 Å². The first-order valence-corrected chi connectivity index (χ1v) is 7.72. The predicted octanol–water partition coefficient (Wildman–Crippen LogP) is 3.31. The molecule has 1 amide bonds. The molecule has 0 bridgehead atoms. The number of hydrogen-bond acceptors (Lipinski definition) is 4. The minimum Gasteiger partial charge on any atom is -0.351 e. The molecule has 0 unspecified atom stereocenters. The maximum Gasteiger partial charge on any atom is 0.269 e. The lowest BCUT2D eigenvalue weighted by Gasteiger charge is -2.05. The van der Waals surface area contributed by atoms with Crippen molar-refractivity contribution in [2.24, 2.45) is 0 Å². The highest BCUT2D eigenvalue weighted by Gasteiger charge is 2.07. The molecule has 0 fully saturated rings. The van der Waals surface area contributed by atoms with Crippen molar-refractivity contribution in [2.45, 2.75) is 18.4 Å². The molecular formula is C16H16N2O3S. The molecule has 2 rings (SSSR count). The van der Waals surface area contributed by atoms with Crippen LogP contribution in [0.4, 0.5) is 5.69 Å². The number of rotatable bonds is 6. The third-order valence-corrected chi connectivity index (χ3v) is 4.01. The van der Waals surface area contributed by atoms with Gasteiger partial charge in [-0.15, -0.1) is 11.8 Å². The zero-order chi connectivity index (χ0) is 15.9. The third kappa shape index (κ3) is 4.89. The van der Waals surface area contributed by atoms with E-state index in [9.17, 15) is 14.9 Å². The molecule has 0 heterocycles. The first-order valence-electron chi connectivity index (χ1n) is 6.74. The molecule has 22 heavy (non-hydrogen) atoms. The average Bonchev–Trinajstić information content (AvgIpc) is 2.52. The van der Waals surface area contributed by atoms with Crippen molar-refractivity contribution < 1.29 is 9.72 Å². The van der Waals surface area contributed by atoms with E-state index in [0.29, 0.717) is 11.3 Å². The normalized spacial score (nSPS) is 10.2. The Hall–Kier alpha value is -2.34. The van der Waals surface area contributed by atoms with E-state index < -0.39 is 4.92 Å². The van der Waals surface area contributed by atoms with Crippen LogP contribution in [-0.2, 0) is 11.3 Å². The van der Waals surface area contributed by atoms with Gasteiger partial charge in [-0.25, -0.2) is 0 Å². The second-order valence-electron chi connectivity index (χ2n) is 4.81. The number of thioether (sulfide) groups is 1. The number of benzene rings is 2. The quantitative estimate of drug-likeness (QED) is 0.504. The molecule has 0 aliphatic rings. The molecule has 0 atom stereocenters. The van der Waals surface area contributed by atoms with Crippen LogP contribution < -0.4 is 5.32 Å². The van der Waals surface area contributed by atoms with Crippen molar-refractivity contribution in [2.75, 3.05) is 5.75 Å². The Morgan fingerprint density at radius 2 is 1.95 bits per heavy atom. The molecule has 0 spiro atoms. The maximum absolute atomic E-state index is 11.8. The Bertz CT molecular complexity index is 671. The molecule has 0 radical (unpaired) electrons. The summed E-state index contributed by atoms with van der Waals surface area (Å²) >= 11 is 1.46. The molecule has 2 aromatic carbocycles. The number of nitrogens with zero attached hydrogens (tertiary/aromatic N) is 1. The Kier molecular flexibility index (Phi) is 5.55. The average molecular weight is 316 g/mol. The number of nitrogens with one attached hydrogen (secondary N) is 1. The first-order chi connectivity index (χ1) is 10.5. The lowest BCUT2D eigenvalue weighted by Crippen LogP contribution is -2.24. The summed E-state index contributed by atoms with van der Waals surface area (Å²) in [5.74, 6) is 0.218. The largest absolute Gasteiger partial charge is 0.351 e. The number of nitro benzene ring substituents is 1. The van der Waals surface area contributed by atoms with Gasteiger partial charge in [0, 0.05) is 23.6 Å². The van der Waals surface area contributed by atoms with Gasteiger partial charge in [0.1, 0.15) is 0 Å². The molecule has 0 aromatic heterocycles. The summed E-state index contributed by atoms with van der Waals surface area (Å²) in [5.41, 5.74) is 1.92. The van der Waals surface area contributed by atoms with Crippen LogP contribution in [0, 0.1) is 17.0 Å². The van der Waals surface area contributed by atoms with Gasteiger partial charge in [0.05, 0.1) is 10.7 Å². The highest BCUT2D eigenvalue weighted by Crippen LogP contribution is 2.18. The van der Waals surface area contributed by atoms with Crippen LogP contribution in [0.25, 0.3) is 0 Å². The minimum atomic E-state index is -0.446. The first kappa shape index (κ1) is 16.0. The fourth-order valence-corrected chi connectivity index (χ4v) is 2.54. The standard InChI is InChI=1S/C16H16N2O3S/c1-12-5-7-15(8-6-12)22-11-16(19)17-10-13-3-2-4-14(9-13)18(20)21/h2-9H,10-11H2,1H3,(H,17,19). The zero-order valence-electron chi connectivity index (χ0n) is 12.1. The number of aryl methyl sites for hydroxylation is 1. The van der Waals surface area contributed by atoms with Crippen molar-refractivity contribution >= 4 is 23.4 Å². The molecule has 5 nitrogen and oxygen atoms in total. The van der Waals surface area contributed by atoms with Gasteiger partial charge in [-0.1, -0.05) is 29.8 Å². The molecule has 0 aliphatic carbocycles. The second kappa shape index (κ2) is 7.61. The zero-order valence-corrected chi connectivity index (χ0v) is 12.9. The molecule has 0 saturated heterocycles. The van der Waals surface area contributed by atoms with Crippen LogP contribution in [0.1, 0.15) is 11.1 Å². The number of hydrogen-bond donors (Lipinski definition) is 1. The van der Waals surface area contributed by atoms with Crippen molar-refractivity contribution in [3.8, 4) is 0 Å². The smallest absolute Gasteiger partial charge is 0.269 e. The van der Waals surface area contributed by atoms with E-state index >= 15 is 0 Å². The Labute approximate surface area is 132 Å². The Morgan fingerprint density at radius 1 is 1.23 bits per heavy atom. The topological polar surface area (TPSA) is 72.2 Å². The molecule has 1 N–H and O–H groups in total. The SMILES string of the molecule is Cc1ccc(SCC(=O)NCc2cccc([N+](=O)[O-])c2)cc1. The Balaban J connectivity index is 1.81. The van der Waals surface area contributed by atoms with Crippen LogP contribution in [0.3, 0.4) is 0 Å². The maximum atomic E-state index is 11.8. The number of nitro groups is 1. The van der Waals surface area contributed by atoms with E-state index in [4.69, 9.17) is 0 Å². The summed E-state index contributed by atoms with van der Waals surface area (Å²) in [6, 6.07) is 14.2. The summed E-state index contributed by atoms with van der Waals surface area (Å²) in [7, 11) is 0. The van der Waals surface area contributed by atoms with E-state index in [1.54, 1.807) is 12.1 Å². The summed E-state index contributed by atoms with van der Waals surface area (Å²) in [6.07, 6.45) is 0. The van der Waals surface area contributed by atoms with Crippen LogP contribution in [0.5, 0.6) is 0 Å². The van der Waals surface area contributed by atoms with Crippen molar-refractivity contribution in [3.05, 3.63) is 69.8 Å². The lowest BCUT2D eigenvalue weighted by atomic mass is 10.2. The molecule has 0 aliphatic heterocycles. The van der Waals surface area contributed by atoms with Crippen LogP contribution in [-0.4, -0.2) is 16.6 Å². The van der Waals surface area contributed by atoms with Crippen molar-refractivity contribution in [1.29, 1.82) is 0 Å². The van der Waals surface area contributed by atoms with E-state index in [2.05, 4.69) is 5.32 Å². The van der Waals surface area contributed by atoms with Crippen LogP contribution in [0.2, 0.25) is 0 Å². The van der Waals surface area contributed by atoms with Gasteiger partial charge in [0.15, 0.2) is 0 Å². The fourth-order valence-electron chi connectivity index (χ4n) is 1.82. The van der Waals surface area contributed by atoms with Crippen molar-refractivity contribution in [1.82, 2.24) is 5.32 Å². The number of non-ortho nitro benzene ring substituents is 1. The molecular weight excluding hydrogens is 300 g/mol. The van der Waals surface area contributed by atoms with Gasteiger partial charge >= 0.3 is 0 Å². The third-order valence-electron chi connectivity index (χ3n) is 3.00. The number of carbonyl (C=O) groups excluding carboxylic acids is 1. The van der Waals surface area contributed by atoms with E-state index in [1.807, 2.05) is 31.2 Å². The Morgan fingerprint density at radius 3 is 2.64 bits per heavy atom. The van der Waals surface area contributed by atoms with Gasteiger partial charge in [0.25, 0.3) is 5.69 Å². The summed E-state index contributed by atoms with van der Waals surface area (Å²) in [6.45, 7) is 2.30. The summed E-state index contributed by atoms with van der Waals surface area (Å²) in [5, 5.41) is 13.5. The molecule has 2 aromatic rings. The highest BCUT2D eigenvalue weighted by atomic mass is 32.2. The number of carbonyl (C=O) groups is 1.